The SMILES string of the molecule is COc1ccc2nc3cc(Cl)ccc3c(NCCCN3CCC(C)CC3)c2c1. The summed E-state index contributed by atoms with van der Waals surface area (Å²) in [6, 6.07) is 11.9. The number of fused-ring (bicyclic) bond motifs is 2. The minimum absolute atomic E-state index is 0.707. The standard InChI is InChI=1S/C23H28ClN3O/c1-16-8-12-27(13-9-16)11-3-10-25-23-19-6-4-17(24)14-22(19)26-21-7-5-18(28-2)15-20(21)23/h4-7,14-16H,3,8-13H2,1-2H3,(H,25,26). The Kier molecular flexibility index (Phi) is 5.88. The predicted molar refractivity (Wildman–Crippen MR) is 119 cm³/mol. The summed E-state index contributed by atoms with van der Waals surface area (Å²) in [5.41, 5.74) is 2.98. The van der Waals surface area contributed by atoms with E-state index in [-0.39, 0.29) is 0 Å². The maximum absolute atomic E-state index is 6.21. The maximum atomic E-state index is 6.21. The topological polar surface area (TPSA) is 37.4 Å². The molecule has 0 radical (unpaired) electrons. The van der Waals surface area contributed by atoms with Gasteiger partial charge in [-0.2, -0.15) is 0 Å². The molecule has 28 heavy (non-hydrogen) atoms. The number of halogens is 1. The van der Waals surface area contributed by atoms with Gasteiger partial charge in [-0.1, -0.05) is 18.5 Å². The zero-order valence-corrected chi connectivity index (χ0v) is 17.4. The number of pyridine rings is 1. The Labute approximate surface area is 171 Å². The lowest BCUT2D eigenvalue weighted by Gasteiger charge is -2.30. The van der Waals surface area contributed by atoms with Gasteiger partial charge in [-0.05, 0) is 81.2 Å². The maximum Gasteiger partial charge on any atom is 0.119 e. The number of aromatic nitrogens is 1. The monoisotopic (exact) mass is 397 g/mol. The van der Waals surface area contributed by atoms with Gasteiger partial charge in [0.15, 0.2) is 0 Å². The summed E-state index contributed by atoms with van der Waals surface area (Å²) < 4.78 is 5.44. The van der Waals surface area contributed by atoms with E-state index in [1.807, 2.05) is 24.3 Å². The molecule has 1 N–H and O–H groups in total. The van der Waals surface area contributed by atoms with Crippen LogP contribution in [0.4, 0.5) is 5.69 Å². The molecule has 5 heteroatoms. The summed E-state index contributed by atoms with van der Waals surface area (Å²) in [7, 11) is 1.70. The van der Waals surface area contributed by atoms with Crippen molar-refractivity contribution in [3.05, 3.63) is 41.4 Å². The summed E-state index contributed by atoms with van der Waals surface area (Å²) in [4.78, 5) is 7.39. The van der Waals surface area contributed by atoms with Gasteiger partial charge in [0.1, 0.15) is 5.75 Å². The molecular formula is C23H28ClN3O. The molecule has 1 fully saturated rings. The first-order chi connectivity index (χ1) is 13.6. The molecule has 2 heterocycles. The number of ether oxygens (including phenoxy) is 1. The average Bonchev–Trinajstić information content (AvgIpc) is 2.71. The van der Waals surface area contributed by atoms with Gasteiger partial charge in [0, 0.05) is 22.3 Å². The van der Waals surface area contributed by atoms with Crippen LogP contribution in [0.5, 0.6) is 5.75 Å². The molecule has 1 aliphatic heterocycles. The third-order valence-electron chi connectivity index (χ3n) is 5.77. The van der Waals surface area contributed by atoms with Crippen molar-refractivity contribution in [2.75, 3.05) is 38.6 Å². The summed E-state index contributed by atoms with van der Waals surface area (Å²) in [5, 5.41) is 6.57. The third-order valence-corrected chi connectivity index (χ3v) is 6.01. The van der Waals surface area contributed by atoms with Crippen LogP contribution in [0, 0.1) is 5.92 Å². The fraction of sp³-hybridized carbons (Fsp3) is 0.435. The van der Waals surface area contributed by atoms with Gasteiger partial charge in [-0.25, -0.2) is 4.98 Å². The Hall–Kier alpha value is -2.04. The van der Waals surface area contributed by atoms with E-state index in [1.54, 1.807) is 7.11 Å². The van der Waals surface area contributed by atoms with E-state index in [0.29, 0.717) is 5.02 Å². The molecule has 0 spiro atoms. The highest BCUT2D eigenvalue weighted by atomic mass is 35.5. The van der Waals surface area contributed by atoms with E-state index in [4.69, 9.17) is 21.3 Å². The Morgan fingerprint density at radius 3 is 2.71 bits per heavy atom. The third kappa shape index (κ3) is 4.18. The van der Waals surface area contributed by atoms with E-state index in [0.717, 1.165) is 58.7 Å². The second-order valence-electron chi connectivity index (χ2n) is 7.84. The van der Waals surface area contributed by atoms with E-state index in [1.165, 1.54) is 25.9 Å². The number of hydrogen-bond acceptors (Lipinski definition) is 4. The number of rotatable bonds is 6. The number of hydrogen-bond donors (Lipinski definition) is 1. The number of methoxy groups -OCH3 is 1. The molecule has 1 saturated heterocycles. The molecule has 148 valence electrons. The molecule has 0 amide bonds. The molecule has 4 nitrogen and oxygen atoms in total. The molecule has 2 aromatic carbocycles. The number of nitrogens with zero attached hydrogens (tertiary/aromatic N) is 2. The van der Waals surface area contributed by atoms with Crippen molar-refractivity contribution >= 4 is 39.1 Å². The van der Waals surface area contributed by atoms with Crippen LogP contribution >= 0.6 is 11.6 Å². The molecule has 0 aliphatic carbocycles. The Bertz CT molecular complexity index is 967. The Balaban J connectivity index is 1.56. The number of likely N-dealkylation sites (tertiary alicyclic amines) is 1. The Morgan fingerprint density at radius 1 is 1.11 bits per heavy atom. The molecule has 1 aliphatic rings. The molecule has 0 bridgehead atoms. The summed E-state index contributed by atoms with van der Waals surface area (Å²) in [6.07, 6.45) is 3.78. The lowest BCUT2D eigenvalue weighted by Crippen LogP contribution is -2.34. The first kappa shape index (κ1) is 19.3. The van der Waals surface area contributed by atoms with Crippen LogP contribution in [-0.2, 0) is 0 Å². The van der Waals surface area contributed by atoms with Gasteiger partial charge in [0.2, 0.25) is 0 Å². The molecule has 0 atom stereocenters. The quantitative estimate of drug-likeness (QED) is 0.435. The van der Waals surface area contributed by atoms with Crippen molar-refractivity contribution in [3.8, 4) is 5.75 Å². The normalized spacial score (nSPS) is 16.0. The van der Waals surface area contributed by atoms with Gasteiger partial charge >= 0.3 is 0 Å². The number of anilines is 1. The van der Waals surface area contributed by atoms with Gasteiger partial charge in [0.25, 0.3) is 0 Å². The van der Waals surface area contributed by atoms with E-state index in [9.17, 15) is 0 Å². The molecule has 1 aromatic heterocycles. The first-order valence-electron chi connectivity index (χ1n) is 10.2. The lowest BCUT2D eigenvalue weighted by atomic mass is 9.99. The van der Waals surface area contributed by atoms with Crippen LogP contribution in [0.15, 0.2) is 36.4 Å². The highest BCUT2D eigenvalue weighted by molar-refractivity contribution is 6.31. The summed E-state index contributed by atoms with van der Waals surface area (Å²) in [5.74, 6) is 1.72. The van der Waals surface area contributed by atoms with Crippen molar-refractivity contribution in [2.24, 2.45) is 5.92 Å². The van der Waals surface area contributed by atoms with Crippen molar-refractivity contribution in [1.29, 1.82) is 0 Å². The fourth-order valence-corrected chi connectivity index (χ4v) is 4.18. The number of piperidine rings is 1. The largest absolute Gasteiger partial charge is 0.497 e. The van der Waals surface area contributed by atoms with Crippen LogP contribution in [0.1, 0.15) is 26.2 Å². The van der Waals surface area contributed by atoms with Crippen molar-refractivity contribution in [2.45, 2.75) is 26.2 Å². The van der Waals surface area contributed by atoms with Gasteiger partial charge in [0.05, 0.1) is 23.8 Å². The molecule has 4 rings (SSSR count). The van der Waals surface area contributed by atoms with Crippen LogP contribution < -0.4 is 10.1 Å². The highest BCUT2D eigenvalue weighted by Gasteiger charge is 2.15. The predicted octanol–water partition coefficient (Wildman–Crippen LogP) is 5.58. The van der Waals surface area contributed by atoms with Crippen LogP contribution in [-0.4, -0.2) is 43.2 Å². The molecule has 0 saturated carbocycles. The smallest absolute Gasteiger partial charge is 0.119 e. The van der Waals surface area contributed by atoms with Crippen LogP contribution in [0.25, 0.3) is 21.8 Å². The van der Waals surface area contributed by atoms with Gasteiger partial charge in [-0.15, -0.1) is 0 Å². The fourth-order valence-electron chi connectivity index (χ4n) is 4.02. The van der Waals surface area contributed by atoms with Gasteiger partial charge in [-0.3, -0.25) is 0 Å². The van der Waals surface area contributed by atoms with Gasteiger partial charge < -0.3 is 15.0 Å². The second kappa shape index (κ2) is 8.54. The number of nitrogens with one attached hydrogen (secondary N) is 1. The van der Waals surface area contributed by atoms with E-state index < -0.39 is 0 Å². The first-order valence-corrected chi connectivity index (χ1v) is 10.5. The van der Waals surface area contributed by atoms with Crippen LogP contribution in [0.2, 0.25) is 5.02 Å². The highest BCUT2D eigenvalue weighted by Crippen LogP contribution is 2.34. The second-order valence-corrected chi connectivity index (χ2v) is 8.27. The van der Waals surface area contributed by atoms with Crippen molar-refractivity contribution in [1.82, 2.24) is 9.88 Å². The van der Waals surface area contributed by atoms with Crippen molar-refractivity contribution < 1.29 is 4.74 Å². The zero-order chi connectivity index (χ0) is 19.5. The lowest BCUT2D eigenvalue weighted by molar-refractivity contribution is 0.192. The minimum Gasteiger partial charge on any atom is -0.497 e. The summed E-state index contributed by atoms with van der Waals surface area (Å²) in [6.45, 7) is 6.91. The van der Waals surface area contributed by atoms with E-state index in [2.05, 4.69) is 29.3 Å². The average molecular weight is 398 g/mol. The molecular weight excluding hydrogens is 370 g/mol. The van der Waals surface area contributed by atoms with E-state index >= 15 is 0 Å². The summed E-state index contributed by atoms with van der Waals surface area (Å²) >= 11 is 6.21. The zero-order valence-electron chi connectivity index (χ0n) is 16.7. The Morgan fingerprint density at radius 2 is 1.93 bits per heavy atom. The molecule has 0 unspecified atom stereocenters. The molecule has 3 aromatic rings. The van der Waals surface area contributed by atoms with Crippen LogP contribution in [0.3, 0.4) is 0 Å². The minimum atomic E-state index is 0.707. The van der Waals surface area contributed by atoms with Crippen molar-refractivity contribution in [3.63, 3.8) is 0 Å². The number of benzene rings is 2.